The molecule has 0 spiro atoms. The molecule has 0 bridgehead atoms. The molecule has 0 heterocycles. The van der Waals surface area contributed by atoms with Crippen LogP contribution in [-0.2, 0) is 5.41 Å². The summed E-state index contributed by atoms with van der Waals surface area (Å²) in [5, 5.41) is 0. The van der Waals surface area contributed by atoms with Gasteiger partial charge in [-0.05, 0) is 41.0 Å². The SMILES string of the molecule is CCC(C)C1(C(C)CC)c2ccccc2-c2ccc(C)cc21. The number of aryl methyl sites for hydroxylation is 1. The fourth-order valence-corrected chi connectivity index (χ4v) is 4.65. The molecule has 0 aromatic heterocycles. The lowest BCUT2D eigenvalue weighted by atomic mass is 9.60. The normalized spacial score (nSPS) is 22.0. The van der Waals surface area contributed by atoms with Crippen molar-refractivity contribution >= 4 is 0 Å². The van der Waals surface area contributed by atoms with Crippen LogP contribution >= 0.6 is 0 Å². The monoisotopic (exact) mass is 292 g/mol. The highest BCUT2D eigenvalue weighted by molar-refractivity contribution is 5.81. The van der Waals surface area contributed by atoms with Gasteiger partial charge in [-0.15, -0.1) is 0 Å². The van der Waals surface area contributed by atoms with Crippen molar-refractivity contribution in [2.24, 2.45) is 11.8 Å². The Morgan fingerprint density at radius 2 is 1.41 bits per heavy atom. The van der Waals surface area contributed by atoms with Crippen molar-refractivity contribution in [3.05, 3.63) is 59.2 Å². The predicted octanol–water partition coefficient (Wildman–Crippen LogP) is 6.35. The first kappa shape index (κ1) is 15.3. The van der Waals surface area contributed by atoms with Gasteiger partial charge in [0.15, 0.2) is 0 Å². The molecule has 2 aromatic carbocycles. The zero-order valence-corrected chi connectivity index (χ0v) is 14.6. The first-order valence-electron chi connectivity index (χ1n) is 8.78. The van der Waals surface area contributed by atoms with Crippen LogP contribution in [0.2, 0.25) is 0 Å². The van der Waals surface area contributed by atoms with Crippen LogP contribution < -0.4 is 0 Å². The van der Waals surface area contributed by atoms with Gasteiger partial charge in [-0.25, -0.2) is 0 Å². The maximum atomic E-state index is 2.45. The van der Waals surface area contributed by atoms with Gasteiger partial charge in [0.1, 0.15) is 0 Å². The fourth-order valence-electron chi connectivity index (χ4n) is 4.65. The van der Waals surface area contributed by atoms with Crippen molar-refractivity contribution in [2.75, 3.05) is 0 Å². The van der Waals surface area contributed by atoms with Gasteiger partial charge in [0.2, 0.25) is 0 Å². The lowest BCUT2D eigenvalue weighted by molar-refractivity contribution is 0.235. The molecule has 0 aliphatic heterocycles. The Labute approximate surface area is 135 Å². The van der Waals surface area contributed by atoms with Crippen LogP contribution in [0.1, 0.15) is 57.2 Å². The summed E-state index contributed by atoms with van der Waals surface area (Å²) >= 11 is 0. The second-order valence-electron chi connectivity index (χ2n) is 7.08. The van der Waals surface area contributed by atoms with E-state index in [0.29, 0.717) is 11.8 Å². The van der Waals surface area contributed by atoms with Crippen molar-refractivity contribution in [1.29, 1.82) is 0 Å². The van der Waals surface area contributed by atoms with E-state index < -0.39 is 0 Å². The highest BCUT2D eigenvalue weighted by Crippen LogP contribution is 2.57. The van der Waals surface area contributed by atoms with Gasteiger partial charge in [0.25, 0.3) is 0 Å². The van der Waals surface area contributed by atoms with Gasteiger partial charge < -0.3 is 0 Å². The molecular formula is C22H28. The molecule has 0 heteroatoms. The zero-order chi connectivity index (χ0) is 15.9. The zero-order valence-electron chi connectivity index (χ0n) is 14.6. The van der Waals surface area contributed by atoms with Crippen LogP contribution in [0.25, 0.3) is 11.1 Å². The third kappa shape index (κ3) is 1.89. The van der Waals surface area contributed by atoms with Gasteiger partial charge in [0, 0.05) is 5.41 Å². The third-order valence-corrected chi connectivity index (χ3v) is 6.06. The molecule has 0 nitrogen and oxygen atoms in total. The molecule has 3 rings (SSSR count). The van der Waals surface area contributed by atoms with Crippen LogP contribution in [0, 0.1) is 18.8 Å². The fraction of sp³-hybridized carbons (Fsp3) is 0.455. The Morgan fingerprint density at radius 1 is 0.818 bits per heavy atom. The van der Waals surface area contributed by atoms with E-state index in [1.165, 1.54) is 29.5 Å². The predicted molar refractivity (Wildman–Crippen MR) is 96.3 cm³/mol. The van der Waals surface area contributed by atoms with Crippen molar-refractivity contribution < 1.29 is 0 Å². The molecule has 2 atom stereocenters. The quantitative estimate of drug-likeness (QED) is 0.615. The first-order valence-corrected chi connectivity index (χ1v) is 8.78. The van der Waals surface area contributed by atoms with E-state index in [1.807, 2.05) is 0 Å². The minimum absolute atomic E-state index is 0.168. The Bertz CT molecular complexity index is 670. The maximum Gasteiger partial charge on any atom is 0.0266 e. The highest BCUT2D eigenvalue weighted by Gasteiger charge is 2.49. The number of hydrogen-bond acceptors (Lipinski definition) is 0. The molecule has 0 radical (unpaired) electrons. The summed E-state index contributed by atoms with van der Waals surface area (Å²) < 4.78 is 0. The minimum atomic E-state index is 0.168. The molecule has 0 amide bonds. The Morgan fingerprint density at radius 3 is 2.05 bits per heavy atom. The summed E-state index contributed by atoms with van der Waals surface area (Å²) in [4.78, 5) is 0. The van der Waals surface area contributed by atoms with E-state index in [0.717, 1.165) is 0 Å². The maximum absolute atomic E-state index is 2.45. The average molecular weight is 292 g/mol. The summed E-state index contributed by atoms with van der Waals surface area (Å²) in [6.07, 6.45) is 2.43. The van der Waals surface area contributed by atoms with Crippen LogP contribution in [0.3, 0.4) is 0 Å². The minimum Gasteiger partial charge on any atom is -0.0651 e. The lowest BCUT2D eigenvalue weighted by Gasteiger charge is -2.43. The van der Waals surface area contributed by atoms with Crippen LogP contribution in [0.4, 0.5) is 0 Å². The van der Waals surface area contributed by atoms with Gasteiger partial charge in [-0.2, -0.15) is 0 Å². The summed E-state index contributed by atoms with van der Waals surface area (Å²) in [5.41, 5.74) is 7.58. The summed E-state index contributed by atoms with van der Waals surface area (Å²) in [7, 11) is 0. The molecule has 1 aliphatic carbocycles. The number of benzene rings is 2. The molecule has 0 fully saturated rings. The number of rotatable bonds is 4. The topological polar surface area (TPSA) is 0 Å². The van der Waals surface area contributed by atoms with Gasteiger partial charge in [-0.3, -0.25) is 0 Å². The molecular weight excluding hydrogens is 264 g/mol. The van der Waals surface area contributed by atoms with Crippen LogP contribution in [0.5, 0.6) is 0 Å². The second-order valence-corrected chi connectivity index (χ2v) is 7.08. The van der Waals surface area contributed by atoms with E-state index >= 15 is 0 Å². The standard InChI is InChI=1S/C22H28/c1-6-16(4)22(17(5)7-2)20-11-9-8-10-18(20)19-13-12-15(3)14-21(19)22/h8-14,16-17H,6-7H2,1-5H3. The largest absolute Gasteiger partial charge is 0.0651 e. The van der Waals surface area contributed by atoms with E-state index in [9.17, 15) is 0 Å². The Kier molecular flexibility index (Phi) is 3.89. The molecule has 2 unspecified atom stereocenters. The Balaban J connectivity index is 2.40. The summed E-state index contributed by atoms with van der Waals surface area (Å²) in [6, 6.07) is 16.2. The van der Waals surface area contributed by atoms with E-state index in [-0.39, 0.29) is 5.41 Å². The van der Waals surface area contributed by atoms with E-state index in [2.05, 4.69) is 77.1 Å². The van der Waals surface area contributed by atoms with Crippen LogP contribution in [-0.4, -0.2) is 0 Å². The van der Waals surface area contributed by atoms with Gasteiger partial charge >= 0.3 is 0 Å². The molecule has 116 valence electrons. The second kappa shape index (κ2) is 5.57. The lowest BCUT2D eigenvalue weighted by Crippen LogP contribution is -2.39. The Hall–Kier alpha value is -1.56. The van der Waals surface area contributed by atoms with Crippen molar-refractivity contribution in [1.82, 2.24) is 0 Å². The molecule has 22 heavy (non-hydrogen) atoms. The number of fused-ring (bicyclic) bond motifs is 3. The number of hydrogen-bond donors (Lipinski definition) is 0. The summed E-state index contributed by atoms with van der Waals surface area (Å²) in [5.74, 6) is 1.29. The molecule has 0 saturated carbocycles. The van der Waals surface area contributed by atoms with E-state index in [1.54, 1.807) is 11.1 Å². The van der Waals surface area contributed by atoms with Crippen LogP contribution in [0.15, 0.2) is 42.5 Å². The van der Waals surface area contributed by atoms with Gasteiger partial charge in [-0.1, -0.05) is 88.6 Å². The molecule has 1 aliphatic rings. The molecule has 0 saturated heterocycles. The van der Waals surface area contributed by atoms with E-state index in [4.69, 9.17) is 0 Å². The highest BCUT2D eigenvalue weighted by atomic mass is 14.5. The van der Waals surface area contributed by atoms with Crippen molar-refractivity contribution in [3.8, 4) is 11.1 Å². The average Bonchev–Trinajstić information content (AvgIpc) is 2.84. The van der Waals surface area contributed by atoms with Crippen molar-refractivity contribution in [3.63, 3.8) is 0 Å². The van der Waals surface area contributed by atoms with Crippen molar-refractivity contribution in [2.45, 2.75) is 52.9 Å². The molecule has 2 aromatic rings. The first-order chi connectivity index (χ1) is 10.6. The molecule has 0 N–H and O–H groups in total. The van der Waals surface area contributed by atoms with Gasteiger partial charge in [0.05, 0.1) is 0 Å². The third-order valence-electron chi connectivity index (χ3n) is 6.06. The summed E-state index contributed by atoms with van der Waals surface area (Å²) in [6.45, 7) is 11.8. The smallest absolute Gasteiger partial charge is 0.0266 e.